The van der Waals surface area contributed by atoms with Crippen molar-refractivity contribution in [2.24, 2.45) is 5.92 Å². The highest BCUT2D eigenvalue weighted by Crippen LogP contribution is 2.43. The second kappa shape index (κ2) is 12.2. The van der Waals surface area contributed by atoms with Crippen molar-refractivity contribution in [3.63, 3.8) is 0 Å². The van der Waals surface area contributed by atoms with Crippen LogP contribution in [0.3, 0.4) is 0 Å². The Kier molecular flexibility index (Phi) is 8.60. The van der Waals surface area contributed by atoms with E-state index in [4.69, 9.17) is 9.26 Å². The summed E-state index contributed by atoms with van der Waals surface area (Å²) in [7, 11) is -4.41. The predicted molar refractivity (Wildman–Crippen MR) is 141 cm³/mol. The fourth-order valence-corrected chi connectivity index (χ4v) is 6.37. The topological polar surface area (TPSA) is 233 Å². The molecule has 16 nitrogen and oxygen atoms in total. The third kappa shape index (κ3) is 6.70. The van der Waals surface area contributed by atoms with Crippen molar-refractivity contribution in [3.8, 4) is 0 Å². The number of nitrogens with zero attached hydrogens (tertiary/aromatic N) is 4. The van der Waals surface area contributed by atoms with Gasteiger partial charge in [-0.1, -0.05) is 18.2 Å². The summed E-state index contributed by atoms with van der Waals surface area (Å²) in [6, 6.07) is 7.36. The van der Waals surface area contributed by atoms with E-state index in [1.807, 2.05) is 6.07 Å². The lowest BCUT2D eigenvalue weighted by Crippen LogP contribution is -2.44. The number of nitrogens with one attached hydrogen (secondary N) is 3. The minimum absolute atomic E-state index is 0.0884. The molecule has 0 bridgehead atoms. The largest absolute Gasteiger partial charge is 0.778 e. The molecule has 220 valence electrons. The molecule has 2 amide bonds. The number of amides is 2. The summed E-state index contributed by atoms with van der Waals surface area (Å²) in [5, 5.41) is 38.5. The highest BCUT2D eigenvalue weighted by molar-refractivity contribution is 7.51. The summed E-state index contributed by atoms with van der Waals surface area (Å²) < 4.78 is 24.8. The first-order valence-electron chi connectivity index (χ1n) is 12.8. The van der Waals surface area contributed by atoms with Crippen molar-refractivity contribution in [2.45, 2.75) is 43.4 Å². The average molecular weight is 591 g/mol. The maximum absolute atomic E-state index is 12.6. The number of carboxylic acids is 1. The predicted octanol–water partition coefficient (Wildman–Crippen LogP) is 0.112. The van der Waals surface area contributed by atoms with Crippen LogP contribution in [0.1, 0.15) is 19.1 Å². The van der Waals surface area contributed by atoms with Crippen LogP contribution in [0.5, 0.6) is 0 Å². The number of rotatable bonds is 9. The molecule has 2 aliphatic rings. The number of benzene rings is 1. The van der Waals surface area contributed by atoms with Crippen molar-refractivity contribution in [1.82, 2.24) is 24.8 Å². The van der Waals surface area contributed by atoms with Gasteiger partial charge in [0.05, 0.1) is 12.9 Å². The fraction of sp³-hybridized carbons (Fsp3) is 0.458. The molecule has 17 heteroatoms. The highest BCUT2D eigenvalue weighted by atomic mass is 31.2. The molecule has 4 unspecified atom stereocenters. The number of aliphatic hydroxyl groups is 2. The molecule has 2 aromatic heterocycles. The van der Waals surface area contributed by atoms with E-state index < -0.39 is 62.7 Å². The Morgan fingerprint density at radius 2 is 1.95 bits per heavy atom. The molecule has 0 spiro atoms. The fourth-order valence-electron chi connectivity index (χ4n) is 4.92. The van der Waals surface area contributed by atoms with Gasteiger partial charge in [0, 0.05) is 11.8 Å². The number of piperidine rings is 1. The Labute approximate surface area is 233 Å². The first kappa shape index (κ1) is 29.0. The molecular weight excluding hydrogens is 561 g/mol. The standard InChI is InChI=1S/C24H30N7O9P/c32-18-16(9-39-41(37,38)10-13-6-7-25-15(8-13)23(34)35)40-22(19(18)33)31-12-28-17-20(26-11-27-21(17)31)30-24(36)29-14-4-2-1-3-5-14/h1-5,11-13,15-16,18-19,22,25,32-33H,6-10H2,(H,34,35)(H,37,38)(H2,26,27,29,30,36)/p-1/t13?,15?,16-,18?,19+,22-/m1/s1. The maximum Gasteiger partial charge on any atom is 0.324 e. The zero-order chi connectivity index (χ0) is 29.1. The number of hydrogen-bond acceptors (Lipinski definition) is 12. The lowest BCUT2D eigenvalue weighted by Gasteiger charge is -2.33. The second-order valence-electron chi connectivity index (χ2n) is 9.86. The Balaban J connectivity index is 1.22. The maximum atomic E-state index is 12.6. The number of carbonyl (C=O) groups is 2. The lowest BCUT2D eigenvalue weighted by molar-refractivity contribution is -0.202. The van der Waals surface area contributed by atoms with Crippen LogP contribution in [0.15, 0.2) is 43.0 Å². The molecule has 4 heterocycles. The minimum Gasteiger partial charge on any atom is -0.778 e. The van der Waals surface area contributed by atoms with E-state index in [1.165, 1.54) is 17.2 Å². The summed E-state index contributed by atoms with van der Waals surface area (Å²) in [5.74, 6) is -1.36. The normalized spacial score (nSPS) is 27.8. The third-order valence-electron chi connectivity index (χ3n) is 6.96. The van der Waals surface area contributed by atoms with E-state index in [2.05, 4.69) is 30.9 Å². The summed E-state index contributed by atoms with van der Waals surface area (Å²) in [6.07, 6.45) is -2.65. The molecule has 2 fully saturated rings. The van der Waals surface area contributed by atoms with Crippen LogP contribution in [0.2, 0.25) is 0 Å². The van der Waals surface area contributed by atoms with Crippen molar-refractivity contribution < 1.29 is 43.6 Å². The molecular formula is C24H29N7O9P-. The average Bonchev–Trinajstić information content (AvgIpc) is 3.49. The number of carboxylic acid groups (broad SMARTS) is 1. The van der Waals surface area contributed by atoms with Gasteiger partial charge in [0.2, 0.25) is 0 Å². The van der Waals surface area contributed by atoms with Gasteiger partial charge in [-0.25, -0.2) is 19.7 Å². The molecule has 0 saturated carbocycles. The van der Waals surface area contributed by atoms with Gasteiger partial charge in [-0.2, -0.15) is 0 Å². The van der Waals surface area contributed by atoms with Gasteiger partial charge in [-0.3, -0.25) is 14.7 Å². The van der Waals surface area contributed by atoms with Crippen molar-refractivity contribution in [3.05, 3.63) is 43.0 Å². The Morgan fingerprint density at radius 3 is 2.71 bits per heavy atom. The number of anilines is 2. The number of aromatic nitrogens is 4. The molecule has 7 atom stereocenters. The Morgan fingerprint density at radius 1 is 1.17 bits per heavy atom. The van der Waals surface area contributed by atoms with Crippen molar-refractivity contribution in [1.29, 1.82) is 0 Å². The second-order valence-corrected chi connectivity index (χ2v) is 11.7. The molecule has 41 heavy (non-hydrogen) atoms. The number of para-hydroxylation sites is 1. The van der Waals surface area contributed by atoms with Crippen molar-refractivity contribution in [2.75, 3.05) is 29.9 Å². The van der Waals surface area contributed by atoms with Crippen LogP contribution in [0.4, 0.5) is 16.3 Å². The van der Waals surface area contributed by atoms with Gasteiger partial charge in [0.15, 0.2) is 23.2 Å². The van der Waals surface area contributed by atoms with Gasteiger partial charge in [0.25, 0.3) is 0 Å². The van der Waals surface area contributed by atoms with E-state index in [1.54, 1.807) is 24.3 Å². The van der Waals surface area contributed by atoms with Crippen LogP contribution in [-0.4, -0.2) is 90.5 Å². The van der Waals surface area contributed by atoms with Gasteiger partial charge in [0.1, 0.15) is 38.3 Å². The molecule has 0 aliphatic carbocycles. The summed E-state index contributed by atoms with van der Waals surface area (Å²) in [4.78, 5) is 48.7. The molecule has 2 aliphatic heterocycles. The molecule has 0 radical (unpaired) electrons. The van der Waals surface area contributed by atoms with Crippen LogP contribution in [-0.2, 0) is 18.6 Å². The van der Waals surface area contributed by atoms with Gasteiger partial charge in [-0.05, 0) is 37.4 Å². The zero-order valence-corrected chi connectivity index (χ0v) is 22.5. The van der Waals surface area contributed by atoms with Gasteiger partial charge >= 0.3 is 12.0 Å². The lowest BCUT2D eigenvalue weighted by atomic mass is 9.94. The number of hydrogen-bond donors (Lipinski definition) is 6. The Bertz CT molecular complexity index is 1440. The highest BCUT2D eigenvalue weighted by Gasteiger charge is 2.45. The van der Waals surface area contributed by atoms with E-state index in [9.17, 15) is 34.4 Å². The smallest absolute Gasteiger partial charge is 0.324 e. The van der Waals surface area contributed by atoms with Crippen LogP contribution in [0, 0.1) is 5.92 Å². The van der Waals surface area contributed by atoms with Crippen LogP contribution in [0.25, 0.3) is 11.2 Å². The number of carbonyl (C=O) groups excluding carboxylic acids is 1. The molecule has 1 aromatic carbocycles. The first-order chi connectivity index (χ1) is 19.6. The summed E-state index contributed by atoms with van der Waals surface area (Å²) in [5.41, 5.74) is 0.931. The third-order valence-corrected chi connectivity index (χ3v) is 8.47. The summed E-state index contributed by atoms with van der Waals surface area (Å²) >= 11 is 0. The van der Waals surface area contributed by atoms with Crippen molar-refractivity contribution >= 4 is 42.3 Å². The first-order valence-corrected chi connectivity index (χ1v) is 14.6. The number of aliphatic hydroxyl groups excluding tert-OH is 2. The number of imidazole rings is 1. The van der Waals surface area contributed by atoms with Gasteiger partial charge in [-0.15, -0.1) is 0 Å². The number of ether oxygens (including phenoxy) is 1. The molecule has 5 rings (SSSR count). The zero-order valence-electron chi connectivity index (χ0n) is 21.6. The number of urea groups is 1. The van der Waals surface area contributed by atoms with Crippen LogP contribution >= 0.6 is 7.60 Å². The molecule has 2 saturated heterocycles. The van der Waals surface area contributed by atoms with Gasteiger partial charge < -0.3 is 44.7 Å². The van der Waals surface area contributed by atoms with E-state index in [0.717, 1.165) is 0 Å². The van der Waals surface area contributed by atoms with E-state index >= 15 is 0 Å². The number of aliphatic carboxylic acids is 1. The SMILES string of the molecule is O=C(Nc1ccccc1)Nc1ncnc2c1ncn2[C@@H]1O[C@H](COP(=O)([O-])CC2CCNC(C(=O)O)C2)C(O)[C@@H]1O. The molecule has 6 N–H and O–H groups in total. The van der Waals surface area contributed by atoms with E-state index in [-0.39, 0.29) is 29.6 Å². The molecule has 3 aromatic rings. The monoisotopic (exact) mass is 590 g/mol. The minimum atomic E-state index is -4.41. The van der Waals surface area contributed by atoms with E-state index in [0.29, 0.717) is 18.7 Å². The number of fused-ring (bicyclic) bond motifs is 1. The summed E-state index contributed by atoms with van der Waals surface area (Å²) in [6.45, 7) is -0.186. The Hall–Kier alpha value is -3.50. The quantitative estimate of drug-likeness (QED) is 0.182. The van der Waals surface area contributed by atoms with Crippen LogP contribution < -0.4 is 20.8 Å².